The summed E-state index contributed by atoms with van der Waals surface area (Å²) in [5.41, 5.74) is 3.64. The van der Waals surface area contributed by atoms with Crippen LogP contribution < -0.4 is 20.1 Å². The highest BCUT2D eigenvalue weighted by molar-refractivity contribution is 5.85. The smallest absolute Gasteiger partial charge is 0.231 e. The summed E-state index contributed by atoms with van der Waals surface area (Å²) in [6.07, 6.45) is 4.32. The van der Waals surface area contributed by atoms with E-state index in [4.69, 9.17) is 9.47 Å². The Kier molecular flexibility index (Phi) is 3.03. The van der Waals surface area contributed by atoms with E-state index in [0.717, 1.165) is 48.8 Å². The van der Waals surface area contributed by atoms with Gasteiger partial charge in [-0.25, -0.2) is 0 Å². The highest BCUT2D eigenvalue weighted by Crippen LogP contribution is 2.46. The quantitative estimate of drug-likeness (QED) is 0.783. The summed E-state index contributed by atoms with van der Waals surface area (Å²) in [6, 6.07) is 8.50. The molecule has 1 saturated heterocycles. The zero-order valence-corrected chi connectivity index (χ0v) is 12.9. The Morgan fingerprint density at radius 1 is 1.09 bits per heavy atom. The molecule has 1 spiro atoms. The normalized spacial score (nSPS) is 19.8. The maximum Gasteiger partial charge on any atom is 0.231 e. The lowest BCUT2D eigenvalue weighted by molar-refractivity contribution is 0.174. The zero-order chi connectivity index (χ0) is 13.9. The van der Waals surface area contributed by atoms with Gasteiger partial charge in [0.1, 0.15) is 0 Å². The number of ether oxygens (including phenoxy) is 2. The number of nitrogens with one attached hydrogen (secondary N) is 2. The second kappa shape index (κ2) is 4.83. The molecule has 5 nitrogen and oxygen atoms in total. The van der Waals surface area contributed by atoms with Crippen molar-refractivity contribution in [3.63, 3.8) is 0 Å². The number of nitrogens with zero attached hydrogens (tertiary/aromatic N) is 1. The molecule has 2 aromatic rings. The predicted molar refractivity (Wildman–Crippen MR) is 86.5 cm³/mol. The molecular weight excluding hydrogens is 302 g/mol. The van der Waals surface area contributed by atoms with Gasteiger partial charge in [0.15, 0.2) is 11.5 Å². The molecule has 4 heterocycles. The van der Waals surface area contributed by atoms with Gasteiger partial charge in [0.25, 0.3) is 0 Å². The summed E-state index contributed by atoms with van der Waals surface area (Å²) in [7, 11) is 0. The fraction of sp³-hybridized carbons (Fsp3) is 0.375. The van der Waals surface area contributed by atoms with Crippen molar-refractivity contribution >= 4 is 18.1 Å². The van der Waals surface area contributed by atoms with E-state index in [-0.39, 0.29) is 17.9 Å². The number of piperidine rings is 1. The fourth-order valence-corrected chi connectivity index (χ4v) is 3.77. The van der Waals surface area contributed by atoms with Crippen LogP contribution in [-0.2, 0) is 5.54 Å². The van der Waals surface area contributed by atoms with Crippen molar-refractivity contribution in [2.45, 2.75) is 18.4 Å². The van der Waals surface area contributed by atoms with Crippen LogP contribution in [0.15, 0.2) is 30.5 Å². The molecule has 116 valence electrons. The molecule has 3 aliphatic heterocycles. The predicted octanol–water partition coefficient (Wildman–Crippen LogP) is 2.63. The second-order valence-electron chi connectivity index (χ2n) is 5.94. The van der Waals surface area contributed by atoms with Gasteiger partial charge in [0.05, 0.1) is 16.9 Å². The van der Waals surface area contributed by atoms with Crippen molar-refractivity contribution in [3.05, 3.63) is 36.2 Å². The molecule has 0 radical (unpaired) electrons. The van der Waals surface area contributed by atoms with Crippen LogP contribution in [0.5, 0.6) is 11.5 Å². The molecule has 0 saturated carbocycles. The minimum Gasteiger partial charge on any atom is -0.454 e. The number of anilines is 1. The van der Waals surface area contributed by atoms with E-state index < -0.39 is 0 Å². The van der Waals surface area contributed by atoms with Crippen LogP contribution in [0.1, 0.15) is 18.5 Å². The second-order valence-corrected chi connectivity index (χ2v) is 5.94. The molecule has 1 aromatic heterocycles. The van der Waals surface area contributed by atoms with Crippen LogP contribution in [0.3, 0.4) is 0 Å². The Labute approximate surface area is 135 Å². The van der Waals surface area contributed by atoms with Gasteiger partial charge in [-0.1, -0.05) is 0 Å². The first kappa shape index (κ1) is 13.8. The highest BCUT2D eigenvalue weighted by Gasteiger charge is 2.40. The Morgan fingerprint density at radius 2 is 1.86 bits per heavy atom. The van der Waals surface area contributed by atoms with E-state index in [1.807, 2.05) is 0 Å². The summed E-state index contributed by atoms with van der Waals surface area (Å²) in [5, 5.41) is 7.24. The van der Waals surface area contributed by atoms with Crippen LogP contribution in [0, 0.1) is 0 Å². The number of halogens is 1. The summed E-state index contributed by atoms with van der Waals surface area (Å²) >= 11 is 0. The molecule has 22 heavy (non-hydrogen) atoms. The van der Waals surface area contributed by atoms with Crippen LogP contribution in [-0.4, -0.2) is 24.4 Å². The average molecular weight is 320 g/mol. The molecule has 0 unspecified atom stereocenters. The van der Waals surface area contributed by atoms with E-state index in [9.17, 15) is 0 Å². The van der Waals surface area contributed by atoms with Gasteiger partial charge in [0, 0.05) is 24.0 Å². The summed E-state index contributed by atoms with van der Waals surface area (Å²) in [6.45, 7) is 2.39. The number of hydrogen-bond acceptors (Lipinski definition) is 4. The highest BCUT2D eigenvalue weighted by atomic mass is 35.5. The maximum absolute atomic E-state index is 5.53. The summed E-state index contributed by atoms with van der Waals surface area (Å²) in [4.78, 5) is 0. The Hall–Kier alpha value is -1.85. The van der Waals surface area contributed by atoms with Crippen molar-refractivity contribution in [2.75, 3.05) is 25.2 Å². The molecule has 1 aromatic carbocycles. The van der Waals surface area contributed by atoms with Crippen molar-refractivity contribution < 1.29 is 9.47 Å². The molecular formula is C16H18ClN3O2. The fourth-order valence-electron chi connectivity index (χ4n) is 3.77. The summed E-state index contributed by atoms with van der Waals surface area (Å²) in [5.74, 6) is 1.66. The topological polar surface area (TPSA) is 47.5 Å². The van der Waals surface area contributed by atoms with Crippen molar-refractivity contribution in [1.82, 2.24) is 9.88 Å². The lowest BCUT2D eigenvalue weighted by Gasteiger charge is -2.43. The number of aromatic nitrogens is 1. The van der Waals surface area contributed by atoms with E-state index in [2.05, 4.69) is 45.7 Å². The van der Waals surface area contributed by atoms with Crippen molar-refractivity contribution in [1.29, 1.82) is 0 Å². The molecule has 2 N–H and O–H groups in total. The lowest BCUT2D eigenvalue weighted by Crippen LogP contribution is -2.48. The monoisotopic (exact) mass is 319 g/mol. The van der Waals surface area contributed by atoms with Gasteiger partial charge < -0.3 is 24.7 Å². The zero-order valence-electron chi connectivity index (χ0n) is 12.1. The van der Waals surface area contributed by atoms with Crippen LogP contribution in [0.4, 0.5) is 5.69 Å². The molecule has 5 rings (SSSR count). The van der Waals surface area contributed by atoms with Gasteiger partial charge in [0.2, 0.25) is 6.79 Å². The Balaban J connectivity index is 0.00000125. The third-order valence-electron chi connectivity index (χ3n) is 4.82. The SMILES string of the molecule is Cl.c1cc2n(c1)-c1cc3c(cc1NC21CCNCC1)OCO3. The first-order valence-corrected chi connectivity index (χ1v) is 7.47. The van der Waals surface area contributed by atoms with E-state index in [1.54, 1.807) is 0 Å². The third kappa shape index (κ3) is 1.76. The van der Waals surface area contributed by atoms with Crippen LogP contribution >= 0.6 is 12.4 Å². The molecule has 0 amide bonds. The minimum atomic E-state index is 0. The first-order valence-electron chi connectivity index (χ1n) is 7.47. The van der Waals surface area contributed by atoms with Crippen molar-refractivity contribution in [2.24, 2.45) is 0 Å². The number of fused-ring (bicyclic) bond motifs is 5. The molecule has 0 bridgehead atoms. The summed E-state index contributed by atoms with van der Waals surface area (Å²) < 4.78 is 13.3. The van der Waals surface area contributed by atoms with E-state index >= 15 is 0 Å². The van der Waals surface area contributed by atoms with Crippen LogP contribution in [0.25, 0.3) is 5.69 Å². The van der Waals surface area contributed by atoms with Gasteiger partial charge >= 0.3 is 0 Å². The number of rotatable bonds is 0. The molecule has 0 aliphatic carbocycles. The largest absolute Gasteiger partial charge is 0.454 e. The first-order chi connectivity index (χ1) is 10.4. The van der Waals surface area contributed by atoms with Gasteiger partial charge in [-0.15, -0.1) is 12.4 Å². The molecule has 3 aliphatic rings. The van der Waals surface area contributed by atoms with Gasteiger partial charge in [-0.2, -0.15) is 0 Å². The Morgan fingerprint density at radius 3 is 2.68 bits per heavy atom. The minimum absolute atomic E-state index is 0. The van der Waals surface area contributed by atoms with Crippen molar-refractivity contribution in [3.8, 4) is 17.2 Å². The number of hydrogen-bond donors (Lipinski definition) is 2. The maximum atomic E-state index is 5.53. The molecule has 0 atom stereocenters. The van der Waals surface area contributed by atoms with Gasteiger partial charge in [-0.3, -0.25) is 0 Å². The lowest BCUT2D eigenvalue weighted by atomic mass is 9.83. The van der Waals surface area contributed by atoms with Crippen LogP contribution in [0.2, 0.25) is 0 Å². The Bertz CT molecular complexity index is 722. The van der Waals surface area contributed by atoms with Gasteiger partial charge in [-0.05, 0) is 38.1 Å². The number of benzene rings is 1. The molecule has 1 fully saturated rings. The standard InChI is InChI=1S/C16H17N3O2.ClH/c1-2-15-16(3-5-17-6-4-16)18-11-8-13-14(21-10-20-13)9-12(11)19(15)7-1;/h1-2,7-9,17-18H,3-6,10H2;1H. The third-order valence-corrected chi connectivity index (χ3v) is 4.82. The van der Waals surface area contributed by atoms with E-state index in [1.165, 1.54) is 5.69 Å². The molecule has 6 heteroatoms. The van der Waals surface area contributed by atoms with E-state index in [0.29, 0.717) is 6.79 Å². The average Bonchev–Trinajstić information content (AvgIpc) is 3.15.